The summed E-state index contributed by atoms with van der Waals surface area (Å²) in [6.45, 7) is 7.69. The van der Waals surface area contributed by atoms with Gasteiger partial charge in [-0.15, -0.1) is 10.2 Å². The van der Waals surface area contributed by atoms with Gasteiger partial charge in [-0.3, -0.25) is 0 Å². The lowest BCUT2D eigenvalue weighted by Crippen LogP contribution is -2.48. The SMILES string of the molecule is Cc1nnc(N2C[C@H]3CC[C@@H](C2)C3Nc2nc(Oc3cccc(Cl)c3)n(C(C)C)n2)o1. The first-order valence-corrected chi connectivity index (χ1v) is 11.1. The van der Waals surface area contributed by atoms with Gasteiger partial charge in [-0.2, -0.15) is 4.98 Å². The molecule has 1 unspecified atom stereocenters. The minimum Gasteiger partial charge on any atom is -0.424 e. The largest absolute Gasteiger partial charge is 0.424 e. The highest BCUT2D eigenvalue weighted by Crippen LogP contribution is 2.40. The summed E-state index contributed by atoms with van der Waals surface area (Å²) in [6.07, 6.45) is 2.31. The number of ether oxygens (including phenoxy) is 1. The van der Waals surface area contributed by atoms with E-state index in [9.17, 15) is 0 Å². The highest BCUT2D eigenvalue weighted by Gasteiger charge is 2.43. The third-order valence-electron chi connectivity index (χ3n) is 6.01. The third kappa shape index (κ3) is 4.06. The van der Waals surface area contributed by atoms with Gasteiger partial charge in [0.2, 0.25) is 11.8 Å². The first-order valence-electron chi connectivity index (χ1n) is 10.7. The zero-order chi connectivity index (χ0) is 21.5. The third-order valence-corrected chi connectivity index (χ3v) is 6.24. The molecule has 0 radical (unpaired) electrons. The van der Waals surface area contributed by atoms with Crippen molar-refractivity contribution in [2.24, 2.45) is 11.8 Å². The summed E-state index contributed by atoms with van der Waals surface area (Å²) in [5.41, 5.74) is 0. The van der Waals surface area contributed by atoms with Gasteiger partial charge in [-0.1, -0.05) is 22.8 Å². The molecule has 3 atom stereocenters. The van der Waals surface area contributed by atoms with Crippen LogP contribution in [-0.2, 0) is 0 Å². The summed E-state index contributed by atoms with van der Waals surface area (Å²) in [6, 6.07) is 8.77. The molecule has 0 amide bonds. The number of rotatable bonds is 6. The molecule has 3 heterocycles. The molecule has 2 aliphatic rings. The summed E-state index contributed by atoms with van der Waals surface area (Å²) >= 11 is 6.09. The Morgan fingerprint density at radius 3 is 2.61 bits per heavy atom. The van der Waals surface area contributed by atoms with Crippen LogP contribution in [0.3, 0.4) is 0 Å². The summed E-state index contributed by atoms with van der Waals surface area (Å²) in [5.74, 6) is 2.76. The minimum absolute atomic E-state index is 0.108. The highest BCUT2D eigenvalue weighted by molar-refractivity contribution is 6.30. The average molecular weight is 444 g/mol. The van der Waals surface area contributed by atoms with Crippen molar-refractivity contribution in [3.8, 4) is 11.8 Å². The summed E-state index contributed by atoms with van der Waals surface area (Å²) in [5, 5.41) is 17.0. The predicted molar refractivity (Wildman–Crippen MR) is 117 cm³/mol. The summed E-state index contributed by atoms with van der Waals surface area (Å²) < 4.78 is 13.4. The fourth-order valence-electron chi connectivity index (χ4n) is 4.59. The van der Waals surface area contributed by atoms with Crippen LogP contribution >= 0.6 is 11.6 Å². The fourth-order valence-corrected chi connectivity index (χ4v) is 4.77. The van der Waals surface area contributed by atoms with E-state index in [0.29, 0.717) is 52.5 Å². The van der Waals surface area contributed by atoms with Crippen molar-refractivity contribution in [2.75, 3.05) is 23.3 Å². The number of nitrogens with zero attached hydrogens (tertiary/aromatic N) is 6. The van der Waals surface area contributed by atoms with E-state index in [1.807, 2.05) is 25.1 Å². The number of hydrogen-bond acceptors (Lipinski definition) is 8. The minimum atomic E-state index is 0.108. The maximum absolute atomic E-state index is 6.09. The molecular weight excluding hydrogens is 418 g/mol. The van der Waals surface area contributed by atoms with Gasteiger partial charge in [0.15, 0.2) is 0 Å². The molecule has 1 saturated carbocycles. The van der Waals surface area contributed by atoms with E-state index >= 15 is 0 Å². The van der Waals surface area contributed by atoms with Gasteiger partial charge in [-0.25, -0.2) is 4.68 Å². The molecule has 2 bridgehead atoms. The number of nitrogens with one attached hydrogen (secondary N) is 1. The van der Waals surface area contributed by atoms with Crippen LogP contribution < -0.4 is 15.0 Å². The maximum atomic E-state index is 6.09. The van der Waals surface area contributed by atoms with E-state index in [1.54, 1.807) is 10.7 Å². The number of halogens is 1. The topological polar surface area (TPSA) is 94.1 Å². The van der Waals surface area contributed by atoms with E-state index in [0.717, 1.165) is 25.9 Å². The first kappa shape index (κ1) is 20.1. The Morgan fingerprint density at radius 2 is 1.97 bits per heavy atom. The number of aryl methyl sites for hydroxylation is 1. The normalized spacial score (nSPS) is 22.9. The van der Waals surface area contributed by atoms with Crippen molar-refractivity contribution < 1.29 is 9.15 Å². The van der Waals surface area contributed by atoms with E-state index in [-0.39, 0.29) is 6.04 Å². The van der Waals surface area contributed by atoms with E-state index in [1.165, 1.54) is 0 Å². The molecule has 9 nitrogen and oxygen atoms in total. The molecule has 1 aromatic carbocycles. The molecule has 1 aliphatic carbocycles. The highest BCUT2D eigenvalue weighted by atomic mass is 35.5. The van der Waals surface area contributed by atoms with Crippen LogP contribution in [0.4, 0.5) is 12.0 Å². The molecule has 1 aliphatic heterocycles. The van der Waals surface area contributed by atoms with Gasteiger partial charge >= 0.3 is 12.0 Å². The molecule has 10 heteroatoms. The number of anilines is 2. The average Bonchev–Trinajstić information content (AvgIpc) is 3.39. The van der Waals surface area contributed by atoms with Gasteiger partial charge < -0.3 is 19.4 Å². The second kappa shape index (κ2) is 8.03. The van der Waals surface area contributed by atoms with Crippen molar-refractivity contribution in [3.05, 3.63) is 35.2 Å². The monoisotopic (exact) mass is 443 g/mol. The molecule has 0 spiro atoms. The van der Waals surface area contributed by atoms with Crippen molar-refractivity contribution in [1.82, 2.24) is 25.0 Å². The fraction of sp³-hybridized carbons (Fsp3) is 0.524. The molecule has 1 N–H and O–H groups in total. The first-order chi connectivity index (χ1) is 15.0. The number of fused-ring (bicyclic) bond motifs is 2. The Hall–Kier alpha value is -2.81. The second-order valence-electron chi connectivity index (χ2n) is 8.59. The molecule has 1 saturated heterocycles. The predicted octanol–water partition coefficient (Wildman–Crippen LogP) is 4.32. The Morgan fingerprint density at radius 1 is 1.19 bits per heavy atom. The molecule has 5 rings (SSSR count). The Kier molecular flexibility index (Phi) is 5.21. The van der Waals surface area contributed by atoms with Crippen LogP contribution in [0.25, 0.3) is 0 Å². The Balaban J connectivity index is 1.32. The molecule has 2 fully saturated rings. The number of benzene rings is 1. The molecule has 2 aromatic heterocycles. The van der Waals surface area contributed by atoms with Crippen LogP contribution in [-0.4, -0.2) is 44.1 Å². The smallest absolute Gasteiger partial charge is 0.322 e. The van der Waals surface area contributed by atoms with Gasteiger partial charge in [0.05, 0.1) is 6.04 Å². The summed E-state index contributed by atoms with van der Waals surface area (Å²) in [4.78, 5) is 6.85. The zero-order valence-electron chi connectivity index (χ0n) is 17.8. The maximum Gasteiger partial charge on any atom is 0.322 e. The molecular formula is C21H26ClN7O2. The van der Waals surface area contributed by atoms with Gasteiger partial charge in [-0.05, 0) is 56.7 Å². The van der Waals surface area contributed by atoms with E-state index in [4.69, 9.17) is 20.8 Å². The lowest BCUT2D eigenvalue weighted by molar-refractivity contribution is 0.356. The van der Waals surface area contributed by atoms with Crippen LogP contribution in [0, 0.1) is 18.8 Å². The summed E-state index contributed by atoms with van der Waals surface area (Å²) in [7, 11) is 0. The Labute approximate surface area is 185 Å². The van der Waals surface area contributed by atoms with Gasteiger partial charge in [0.25, 0.3) is 0 Å². The number of piperidine rings is 1. The van der Waals surface area contributed by atoms with E-state index < -0.39 is 0 Å². The standard InChI is InChI=1S/C21H26ClN7O2/c1-12(2)29-20(31-17-6-4-5-16(22)9-17)24-19(27-29)23-18-14-7-8-15(18)11-28(10-14)21-26-25-13(3)30-21/h4-6,9,12,14-15,18H,7-8,10-11H2,1-3H3,(H,23,27)/t14-,15+,18?. The van der Waals surface area contributed by atoms with Crippen molar-refractivity contribution in [2.45, 2.75) is 45.7 Å². The number of hydrogen-bond donors (Lipinski definition) is 1. The van der Waals surface area contributed by atoms with Crippen molar-refractivity contribution >= 4 is 23.6 Å². The van der Waals surface area contributed by atoms with Crippen LogP contribution in [0.15, 0.2) is 28.7 Å². The van der Waals surface area contributed by atoms with Crippen molar-refractivity contribution in [1.29, 1.82) is 0 Å². The van der Waals surface area contributed by atoms with Gasteiger partial charge in [0, 0.05) is 31.1 Å². The molecule has 3 aromatic rings. The van der Waals surface area contributed by atoms with E-state index in [2.05, 4.69) is 44.3 Å². The second-order valence-corrected chi connectivity index (χ2v) is 9.03. The zero-order valence-corrected chi connectivity index (χ0v) is 18.6. The van der Waals surface area contributed by atoms with Crippen LogP contribution in [0.1, 0.15) is 38.6 Å². The lowest BCUT2D eigenvalue weighted by Gasteiger charge is -2.37. The molecule has 31 heavy (non-hydrogen) atoms. The van der Waals surface area contributed by atoms with Crippen LogP contribution in [0.5, 0.6) is 11.8 Å². The quantitative estimate of drug-likeness (QED) is 0.601. The van der Waals surface area contributed by atoms with Crippen molar-refractivity contribution in [3.63, 3.8) is 0 Å². The number of aromatic nitrogens is 5. The lowest BCUT2D eigenvalue weighted by atomic mass is 9.92. The van der Waals surface area contributed by atoms with Gasteiger partial charge in [0.1, 0.15) is 5.75 Å². The van der Waals surface area contributed by atoms with Crippen LogP contribution in [0.2, 0.25) is 5.02 Å². The molecule has 164 valence electrons. The Bertz CT molecular complexity index is 1050.